The highest BCUT2D eigenvalue weighted by molar-refractivity contribution is 7.76. The molecule has 142 valence electrons. The zero-order chi connectivity index (χ0) is 19.2. The fraction of sp³-hybridized carbons (Fsp3) is 0.333. The Balaban J connectivity index is 1.88. The van der Waals surface area contributed by atoms with Gasteiger partial charge in [0.25, 0.3) is 0 Å². The summed E-state index contributed by atoms with van der Waals surface area (Å²) in [7, 11) is 6.03. The lowest BCUT2D eigenvalue weighted by Gasteiger charge is -2.34. The van der Waals surface area contributed by atoms with Crippen LogP contribution in [0.1, 0.15) is 6.92 Å². The number of rotatable bonds is 8. The van der Waals surface area contributed by atoms with Crippen molar-refractivity contribution >= 4 is 18.5 Å². The molecule has 0 N–H and O–H groups in total. The van der Waals surface area contributed by atoms with E-state index in [2.05, 4.69) is 117 Å². The maximum atomic E-state index is 2.50. The van der Waals surface area contributed by atoms with E-state index in [-0.39, 0.29) is 0 Å². The van der Waals surface area contributed by atoms with Crippen LogP contribution in [0, 0.1) is 5.92 Å². The van der Waals surface area contributed by atoms with Crippen molar-refractivity contribution < 1.29 is 0 Å². The minimum Gasteiger partial charge on any atom is -0.308 e. The van der Waals surface area contributed by atoms with Crippen LogP contribution in [-0.4, -0.2) is 50.1 Å². The third kappa shape index (κ3) is 4.96. The molecule has 3 heteroatoms. The summed E-state index contributed by atoms with van der Waals surface area (Å²) in [5.74, 6) is 0.462. The molecular formula is C24H31N2P. The molecule has 0 amide bonds. The van der Waals surface area contributed by atoms with Crippen molar-refractivity contribution in [1.82, 2.24) is 9.80 Å². The molecule has 2 atom stereocenters. The summed E-state index contributed by atoms with van der Waals surface area (Å²) < 4.78 is 0. The van der Waals surface area contributed by atoms with Gasteiger partial charge in [0.1, 0.15) is 0 Å². The molecule has 27 heavy (non-hydrogen) atoms. The van der Waals surface area contributed by atoms with Crippen LogP contribution in [0.15, 0.2) is 84.2 Å². The molecule has 1 unspecified atom stereocenters. The van der Waals surface area contributed by atoms with E-state index in [1.807, 2.05) is 0 Å². The SMILES string of the molecule is C[C@H](C1C=CC=C1P(c1ccccc1)c1ccccc1)N(C)CCN(C)C. The minimum atomic E-state index is -0.509. The van der Waals surface area contributed by atoms with Gasteiger partial charge in [-0.25, -0.2) is 0 Å². The zero-order valence-corrected chi connectivity index (χ0v) is 17.8. The van der Waals surface area contributed by atoms with Crippen LogP contribution in [0.2, 0.25) is 0 Å². The molecule has 1 aliphatic rings. The standard InChI is InChI=1S/C24H31N2P/c1-20(26(4)19-18-25(2)3)23-16-11-17-24(23)27(21-12-7-5-8-13-21)22-14-9-6-10-15-22/h5-17,20,23H,18-19H2,1-4H3/t20-,23?/m1/s1. The fourth-order valence-electron chi connectivity index (χ4n) is 3.55. The van der Waals surface area contributed by atoms with E-state index in [4.69, 9.17) is 0 Å². The smallest absolute Gasteiger partial charge is 0.0185 e. The van der Waals surface area contributed by atoms with Gasteiger partial charge in [-0.1, -0.05) is 78.9 Å². The third-order valence-corrected chi connectivity index (χ3v) is 7.92. The largest absolute Gasteiger partial charge is 0.308 e. The van der Waals surface area contributed by atoms with Crippen molar-refractivity contribution in [3.63, 3.8) is 0 Å². The van der Waals surface area contributed by atoms with Gasteiger partial charge in [-0.3, -0.25) is 0 Å². The lowest BCUT2D eigenvalue weighted by molar-refractivity contribution is 0.209. The maximum absolute atomic E-state index is 2.50. The summed E-state index contributed by atoms with van der Waals surface area (Å²) in [5.41, 5.74) is 0. The van der Waals surface area contributed by atoms with Crippen LogP contribution in [-0.2, 0) is 0 Å². The van der Waals surface area contributed by atoms with E-state index < -0.39 is 7.92 Å². The van der Waals surface area contributed by atoms with Gasteiger partial charge in [0.2, 0.25) is 0 Å². The summed E-state index contributed by atoms with van der Waals surface area (Å²) in [5, 5.41) is 4.43. The first-order valence-electron chi connectivity index (χ1n) is 9.71. The summed E-state index contributed by atoms with van der Waals surface area (Å²) in [6.45, 7) is 4.54. The number of hydrogen-bond acceptors (Lipinski definition) is 2. The average Bonchev–Trinajstić information content (AvgIpc) is 3.16. The highest BCUT2D eigenvalue weighted by Gasteiger charge is 2.31. The topological polar surface area (TPSA) is 6.48 Å². The van der Waals surface area contributed by atoms with Gasteiger partial charge in [-0.15, -0.1) is 0 Å². The fourth-order valence-corrected chi connectivity index (χ4v) is 6.22. The summed E-state index contributed by atoms with van der Waals surface area (Å²) in [6, 6.07) is 22.5. The van der Waals surface area contributed by atoms with Gasteiger partial charge in [0, 0.05) is 25.0 Å². The molecule has 0 saturated heterocycles. The lowest BCUT2D eigenvalue weighted by atomic mass is 10.0. The van der Waals surface area contributed by atoms with Crippen LogP contribution in [0.5, 0.6) is 0 Å². The quantitative estimate of drug-likeness (QED) is 0.639. The predicted octanol–water partition coefficient (Wildman–Crippen LogP) is 4.07. The molecule has 0 aliphatic heterocycles. The number of benzene rings is 2. The number of allylic oxidation sites excluding steroid dienone is 2. The van der Waals surface area contributed by atoms with E-state index in [0.29, 0.717) is 12.0 Å². The Bertz CT molecular complexity index is 728. The second-order valence-corrected chi connectivity index (χ2v) is 9.75. The monoisotopic (exact) mass is 378 g/mol. The van der Waals surface area contributed by atoms with Crippen LogP contribution < -0.4 is 10.6 Å². The normalized spacial score (nSPS) is 17.7. The Hall–Kier alpha value is -1.73. The summed E-state index contributed by atoms with van der Waals surface area (Å²) >= 11 is 0. The molecular weight excluding hydrogens is 347 g/mol. The minimum absolute atomic E-state index is 0.462. The van der Waals surface area contributed by atoms with Crippen LogP contribution >= 0.6 is 7.92 Å². The summed E-state index contributed by atoms with van der Waals surface area (Å²) in [6.07, 6.45) is 7.03. The highest BCUT2D eigenvalue weighted by atomic mass is 31.1. The maximum Gasteiger partial charge on any atom is 0.0185 e. The predicted molar refractivity (Wildman–Crippen MR) is 120 cm³/mol. The molecule has 0 saturated carbocycles. The Morgan fingerprint density at radius 1 is 0.852 bits per heavy atom. The van der Waals surface area contributed by atoms with Crippen molar-refractivity contribution in [2.75, 3.05) is 34.2 Å². The second kappa shape index (κ2) is 9.46. The molecule has 0 heterocycles. The Morgan fingerprint density at radius 3 is 1.93 bits per heavy atom. The molecule has 3 rings (SSSR count). The molecule has 2 nitrogen and oxygen atoms in total. The first kappa shape index (κ1) is 20.0. The van der Waals surface area contributed by atoms with Crippen molar-refractivity contribution in [3.8, 4) is 0 Å². The van der Waals surface area contributed by atoms with Crippen molar-refractivity contribution in [2.45, 2.75) is 13.0 Å². The van der Waals surface area contributed by atoms with Gasteiger partial charge < -0.3 is 9.80 Å². The van der Waals surface area contributed by atoms with Gasteiger partial charge in [0.05, 0.1) is 0 Å². The first-order valence-corrected chi connectivity index (χ1v) is 11.1. The van der Waals surface area contributed by atoms with E-state index in [1.165, 1.54) is 10.6 Å². The third-order valence-electron chi connectivity index (χ3n) is 5.33. The molecule has 2 aromatic carbocycles. The number of nitrogens with zero attached hydrogens (tertiary/aromatic N) is 2. The van der Waals surface area contributed by atoms with E-state index in [1.54, 1.807) is 5.31 Å². The van der Waals surface area contributed by atoms with Gasteiger partial charge in [-0.05, 0) is 51.9 Å². The molecule has 1 aliphatic carbocycles. The van der Waals surface area contributed by atoms with Crippen molar-refractivity contribution in [1.29, 1.82) is 0 Å². The van der Waals surface area contributed by atoms with Gasteiger partial charge in [0.15, 0.2) is 0 Å². The number of likely N-dealkylation sites (N-methyl/N-ethyl adjacent to an activating group) is 2. The van der Waals surface area contributed by atoms with Crippen molar-refractivity contribution in [2.24, 2.45) is 5.92 Å². The van der Waals surface area contributed by atoms with E-state index in [0.717, 1.165) is 13.1 Å². The van der Waals surface area contributed by atoms with Crippen LogP contribution in [0.25, 0.3) is 0 Å². The second-order valence-electron chi connectivity index (χ2n) is 7.53. The number of hydrogen-bond donors (Lipinski definition) is 0. The average molecular weight is 379 g/mol. The van der Waals surface area contributed by atoms with Crippen LogP contribution in [0.3, 0.4) is 0 Å². The van der Waals surface area contributed by atoms with Gasteiger partial charge in [-0.2, -0.15) is 0 Å². The Morgan fingerprint density at radius 2 is 1.41 bits per heavy atom. The molecule has 2 aromatic rings. The van der Waals surface area contributed by atoms with Crippen LogP contribution in [0.4, 0.5) is 0 Å². The molecule has 0 fully saturated rings. The zero-order valence-electron chi connectivity index (χ0n) is 16.9. The molecule has 0 radical (unpaired) electrons. The first-order chi connectivity index (χ1) is 13.1. The Labute approximate surface area is 166 Å². The molecule has 0 bridgehead atoms. The molecule has 0 aromatic heterocycles. The van der Waals surface area contributed by atoms with Crippen molar-refractivity contribution in [3.05, 3.63) is 84.2 Å². The Kier molecular flexibility index (Phi) is 7.01. The van der Waals surface area contributed by atoms with E-state index in [9.17, 15) is 0 Å². The lowest BCUT2D eigenvalue weighted by Crippen LogP contribution is -2.39. The van der Waals surface area contributed by atoms with Gasteiger partial charge >= 0.3 is 0 Å². The highest BCUT2D eigenvalue weighted by Crippen LogP contribution is 2.50. The summed E-state index contributed by atoms with van der Waals surface area (Å²) in [4.78, 5) is 4.75. The van der Waals surface area contributed by atoms with E-state index >= 15 is 0 Å². The molecule has 0 spiro atoms.